The number of fused-ring (bicyclic) bond motifs is 2. The zero-order valence-electron chi connectivity index (χ0n) is 26.3. The van der Waals surface area contributed by atoms with E-state index >= 15 is 0 Å². The summed E-state index contributed by atoms with van der Waals surface area (Å²) in [5, 5.41) is 10.3. The molecule has 3 amide bonds. The van der Waals surface area contributed by atoms with Crippen LogP contribution < -0.4 is 9.80 Å². The standard InChI is InChI=1S/C35H40ClN3O6Si/c1-23-33(46(2,3)44)31(19-32(42)37-16-8-13-28(37)21-40)45-35(23)29-18-25(36)14-15-30(29)38(34(35)43)20-24-9-7-12-27(17-24)39(22-41)26-10-5-4-6-11-26/h4-7,9-12,14-15,17-18,22-23,28,31,33,40,44H,8,13,16,19-21H2,1-3H3/t23-,28+,31+,33-,35+/m1/s1. The predicted molar refractivity (Wildman–Crippen MR) is 179 cm³/mol. The van der Waals surface area contributed by atoms with Gasteiger partial charge in [-0.15, -0.1) is 0 Å². The summed E-state index contributed by atoms with van der Waals surface area (Å²) in [5.41, 5.74) is 1.61. The maximum Gasteiger partial charge on any atom is 0.264 e. The van der Waals surface area contributed by atoms with Crippen molar-refractivity contribution in [3.8, 4) is 0 Å². The molecule has 3 aromatic rings. The van der Waals surface area contributed by atoms with Gasteiger partial charge in [-0.2, -0.15) is 0 Å². The molecule has 2 saturated heterocycles. The Balaban J connectivity index is 1.35. The Bertz CT molecular complexity index is 1630. The van der Waals surface area contributed by atoms with Crippen molar-refractivity contribution in [2.75, 3.05) is 23.0 Å². The van der Waals surface area contributed by atoms with E-state index in [1.807, 2.05) is 80.7 Å². The lowest BCUT2D eigenvalue weighted by molar-refractivity contribution is -0.150. The molecule has 3 aliphatic rings. The highest BCUT2D eigenvalue weighted by Crippen LogP contribution is 2.60. The van der Waals surface area contributed by atoms with Crippen LogP contribution in [0.2, 0.25) is 23.7 Å². The largest absolute Gasteiger partial charge is 0.432 e. The molecule has 3 aromatic carbocycles. The van der Waals surface area contributed by atoms with Crippen LogP contribution in [0.5, 0.6) is 0 Å². The monoisotopic (exact) mass is 661 g/mol. The molecule has 1 spiro atoms. The van der Waals surface area contributed by atoms with Gasteiger partial charge >= 0.3 is 0 Å². The highest BCUT2D eigenvalue weighted by atomic mass is 35.5. The Hall–Kier alpha value is -3.54. The molecule has 0 unspecified atom stereocenters. The topological polar surface area (TPSA) is 111 Å². The molecule has 0 bridgehead atoms. The van der Waals surface area contributed by atoms with E-state index < -0.39 is 31.5 Å². The molecule has 6 rings (SSSR count). The van der Waals surface area contributed by atoms with Crippen molar-refractivity contribution < 1.29 is 29.0 Å². The molecule has 46 heavy (non-hydrogen) atoms. The molecule has 0 saturated carbocycles. The summed E-state index contributed by atoms with van der Waals surface area (Å²) < 4.78 is 6.82. The van der Waals surface area contributed by atoms with Crippen LogP contribution >= 0.6 is 11.6 Å². The molecule has 3 aliphatic heterocycles. The van der Waals surface area contributed by atoms with Crippen LogP contribution in [-0.4, -0.2) is 66.6 Å². The van der Waals surface area contributed by atoms with Gasteiger partial charge < -0.3 is 24.4 Å². The number of halogens is 1. The quantitative estimate of drug-likeness (QED) is 0.236. The summed E-state index contributed by atoms with van der Waals surface area (Å²) in [4.78, 5) is 57.0. The molecule has 5 atom stereocenters. The lowest BCUT2D eigenvalue weighted by Crippen LogP contribution is -2.46. The number of amides is 3. The van der Waals surface area contributed by atoms with E-state index in [4.69, 9.17) is 16.3 Å². The summed E-state index contributed by atoms with van der Waals surface area (Å²) in [6.07, 6.45) is 1.65. The lowest BCUT2D eigenvalue weighted by atomic mass is 9.82. The number of benzene rings is 3. The van der Waals surface area contributed by atoms with Crippen LogP contribution in [-0.2, 0) is 31.3 Å². The maximum absolute atomic E-state index is 14.8. The Morgan fingerprint density at radius 3 is 2.54 bits per heavy atom. The highest BCUT2D eigenvalue weighted by molar-refractivity contribution is 6.71. The van der Waals surface area contributed by atoms with Crippen molar-refractivity contribution in [2.24, 2.45) is 5.92 Å². The molecule has 2 N–H and O–H groups in total. The molecule has 0 aliphatic carbocycles. The van der Waals surface area contributed by atoms with Gasteiger partial charge in [0, 0.05) is 40.0 Å². The van der Waals surface area contributed by atoms with Crippen LogP contribution in [0.15, 0.2) is 72.8 Å². The summed E-state index contributed by atoms with van der Waals surface area (Å²) in [5.74, 6) is -0.864. The van der Waals surface area contributed by atoms with Gasteiger partial charge in [0.15, 0.2) is 13.9 Å². The minimum Gasteiger partial charge on any atom is -0.432 e. The zero-order valence-corrected chi connectivity index (χ0v) is 28.1. The van der Waals surface area contributed by atoms with Crippen molar-refractivity contribution in [3.05, 3.63) is 88.9 Å². The van der Waals surface area contributed by atoms with E-state index in [2.05, 4.69) is 0 Å². The molecule has 2 fully saturated rings. The Morgan fingerprint density at radius 2 is 1.85 bits per heavy atom. The van der Waals surface area contributed by atoms with E-state index in [0.717, 1.165) is 30.5 Å². The van der Waals surface area contributed by atoms with Gasteiger partial charge in [-0.25, -0.2) is 0 Å². The van der Waals surface area contributed by atoms with Crippen LogP contribution in [0.3, 0.4) is 0 Å². The van der Waals surface area contributed by atoms with E-state index in [1.54, 1.807) is 26.8 Å². The minimum absolute atomic E-state index is 0.0104. The average Bonchev–Trinajstić information content (AvgIpc) is 3.69. The number of ether oxygens (including phenoxy) is 1. The fourth-order valence-electron chi connectivity index (χ4n) is 7.90. The van der Waals surface area contributed by atoms with Crippen LogP contribution in [0.1, 0.15) is 37.3 Å². The van der Waals surface area contributed by atoms with E-state index in [1.165, 1.54) is 0 Å². The number of aliphatic hydroxyl groups excluding tert-OH is 1. The summed E-state index contributed by atoms with van der Waals surface area (Å²) in [7, 11) is -2.98. The van der Waals surface area contributed by atoms with Crippen LogP contribution in [0.25, 0.3) is 0 Å². The molecular formula is C35H40ClN3O6Si. The Kier molecular flexibility index (Phi) is 8.86. The zero-order chi connectivity index (χ0) is 32.8. The number of para-hydroxylation sites is 1. The summed E-state index contributed by atoms with van der Waals surface area (Å²) in [6.45, 7) is 6.26. The van der Waals surface area contributed by atoms with Crippen LogP contribution in [0.4, 0.5) is 17.1 Å². The summed E-state index contributed by atoms with van der Waals surface area (Å²) >= 11 is 6.53. The number of likely N-dealkylation sites (tertiary alicyclic amines) is 1. The number of rotatable bonds is 9. The normalized spacial score (nSPS) is 25.7. The minimum atomic E-state index is -2.98. The third-order valence-electron chi connectivity index (χ3n) is 9.90. The van der Waals surface area contributed by atoms with Crippen LogP contribution in [0, 0.1) is 5.92 Å². The average molecular weight is 662 g/mol. The number of hydrogen-bond acceptors (Lipinski definition) is 6. The van der Waals surface area contributed by atoms with Crippen molar-refractivity contribution in [2.45, 2.75) is 69.1 Å². The molecule has 3 heterocycles. The van der Waals surface area contributed by atoms with Gasteiger partial charge in [-0.05, 0) is 74.0 Å². The van der Waals surface area contributed by atoms with Gasteiger partial charge in [-0.3, -0.25) is 19.3 Å². The molecule has 242 valence electrons. The first-order chi connectivity index (χ1) is 22.0. The van der Waals surface area contributed by atoms with Gasteiger partial charge in [0.2, 0.25) is 12.3 Å². The van der Waals surface area contributed by atoms with Gasteiger partial charge in [0.05, 0.1) is 37.4 Å². The smallest absolute Gasteiger partial charge is 0.264 e. The highest BCUT2D eigenvalue weighted by Gasteiger charge is 2.66. The third-order valence-corrected chi connectivity index (χ3v) is 12.6. The fourth-order valence-corrected chi connectivity index (χ4v) is 10.6. The first-order valence-electron chi connectivity index (χ1n) is 15.8. The number of nitrogens with zero attached hydrogens (tertiary/aromatic N) is 3. The van der Waals surface area contributed by atoms with Crippen molar-refractivity contribution >= 4 is 55.2 Å². The first kappa shape index (κ1) is 32.4. The molecule has 9 nitrogen and oxygen atoms in total. The van der Waals surface area contributed by atoms with Gasteiger partial charge in [0.25, 0.3) is 5.91 Å². The van der Waals surface area contributed by atoms with Gasteiger partial charge in [0.1, 0.15) is 0 Å². The Morgan fingerprint density at radius 1 is 1.11 bits per heavy atom. The predicted octanol–water partition coefficient (Wildman–Crippen LogP) is 5.35. The number of anilines is 3. The second-order valence-electron chi connectivity index (χ2n) is 13.2. The maximum atomic E-state index is 14.8. The fraction of sp³-hybridized carbons (Fsp3) is 0.400. The van der Waals surface area contributed by atoms with E-state index in [9.17, 15) is 24.3 Å². The second-order valence-corrected chi connectivity index (χ2v) is 17.6. The van der Waals surface area contributed by atoms with Crippen molar-refractivity contribution in [1.82, 2.24) is 4.90 Å². The van der Waals surface area contributed by atoms with Gasteiger partial charge in [-0.1, -0.05) is 48.9 Å². The Labute approximate surface area is 275 Å². The number of aliphatic hydroxyl groups is 1. The van der Waals surface area contributed by atoms with Crippen molar-refractivity contribution in [3.63, 3.8) is 0 Å². The first-order valence-corrected chi connectivity index (χ1v) is 19.2. The molecule has 0 aromatic heterocycles. The van der Waals surface area contributed by atoms with E-state index in [-0.39, 0.29) is 37.4 Å². The molecule has 0 radical (unpaired) electrons. The lowest BCUT2D eigenvalue weighted by Gasteiger charge is -2.33. The number of hydrogen-bond donors (Lipinski definition) is 2. The molecule has 11 heteroatoms. The number of carbonyl (C=O) groups excluding carboxylic acids is 3. The third kappa shape index (κ3) is 5.56. The SMILES string of the molecule is C[C@@H]1[C@@H]([Si](C)(C)O)[C@H](CC(=O)N2CCC[C@H]2CO)O[C@@]12C(=O)N(Cc1cccc(N(C=O)c3ccccc3)c1)c1ccc(Cl)cc12. The number of carbonyl (C=O) groups is 3. The van der Waals surface area contributed by atoms with Crippen molar-refractivity contribution in [1.29, 1.82) is 0 Å². The summed E-state index contributed by atoms with van der Waals surface area (Å²) in [6, 6.07) is 21.9. The van der Waals surface area contributed by atoms with E-state index in [0.29, 0.717) is 28.5 Å². The second kappa shape index (κ2) is 12.6. The molecular weight excluding hydrogens is 622 g/mol.